The van der Waals surface area contributed by atoms with Crippen LogP contribution in [0.1, 0.15) is 19.8 Å². The van der Waals surface area contributed by atoms with Gasteiger partial charge in [0.2, 0.25) is 5.91 Å². The predicted molar refractivity (Wildman–Crippen MR) is 87.2 cm³/mol. The summed E-state index contributed by atoms with van der Waals surface area (Å²) in [4.78, 5) is 12.2. The average molecular weight is 382 g/mol. The van der Waals surface area contributed by atoms with Gasteiger partial charge in [0, 0.05) is 0 Å². The van der Waals surface area contributed by atoms with E-state index in [0.29, 0.717) is 24.0 Å². The van der Waals surface area contributed by atoms with E-state index in [9.17, 15) is 26.2 Å². The molecule has 0 saturated carbocycles. The molecule has 11 heteroatoms. The third kappa shape index (κ3) is 5.70. The fourth-order valence-corrected chi connectivity index (χ4v) is 7.15. The third-order valence-electron chi connectivity index (χ3n) is 4.19. The lowest BCUT2D eigenvalue weighted by molar-refractivity contribution is -0.889. The van der Waals surface area contributed by atoms with Crippen LogP contribution in [0.2, 0.25) is 0 Å². The van der Waals surface area contributed by atoms with Gasteiger partial charge in [0.15, 0.2) is 9.84 Å². The Bertz CT molecular complexity index is 738. The summed E-state index contributed by atoms with van der Waals surface area (Å²) in [6, 6.07) is 2.03. The number of amides is 1. The fraction of sp³-hybridized carbons (Fsp3) is 0.846. The summed E-state index contributed by atoms with van der Waals surface area (Å²) in [5.74, 6) is -1.75. The number of rotatable bonds is 7. The fourth-order valence-electron chi connectivity index (χ4n) is 2.80. The zero-order valence-corrected chi connectivity index (χ0v) is 15.7. The Morgan fingerprint density at radius 1 is 1.42 bits per heavy atom. The van der Waals surface area contributed by atoms with Gasteiger partial charge >= 0.3 is 0 Å². The van der Waals surface area contributed by atoms with E-state index in [4.69, 9.17) is 5.26 Å². The molecule has 1 heterocycles. The number of sulfone groups is 1. The quantitative estimate of drug-likeness (QED) is 0.421. The number of carbonyl (C=O) groups is 1. The van der Waals surface area contributed by atoms with Crippen molar-refractivity contribution < 1.29 is 30.7 Å². The van der Waals surface area contributed by atoms with Crippen LogP contribution in [0.5, 0.6) is 0 Å². The Morgan fingerprint density at radius 3 is 2.50 bits per heavy atom. The molecule has 0 bridgehead atoms. The molecule has 1 fully saturated rings. The van der Waals surface area contributed by atoms with E-state index in [1.165, 1.54) is 6.92 Å². The highest BCUT2D eigenvalue weighted by Crippen LogP contribution is 2.29. The molecule has 0 aromatic rings. The van der Waals surface area contributed by atoms with Gasteiger partial charge in [0.05, 0.1) is 63.1 Å². The van der Waals surface area contributed by atoms with E-state index in [1.54, 1.807) is 0 Å². The van der Waals surface area contributed by atoms with Gasteiger partial charge in [-0.05, 0) is 6.92 Å². The molecular formula is C13H24N3O6S2+. The van der Waals surface area contributed by atoms with Crippen molar-refractivity contribution in [3.05, 3.63) is 0 Å². The molecule has 2 N–H and O–H groups in total. The van der Waals surface area contributed by atoms with E-state index in [1.807, 2.05) is 20.2 Å². The highest BCUT2D eigenvalue weighted by Gasteiger charge is 2.54. The van der Waals surface area contributed by atoms with E-state index in [2.05, 4.69) is 5.32 Å². The normalized spacial score (nSPS) is 26.7. The minimum Gasteiger partial charge on any atom is -0.348 e. The number of carbonyl (C=O) groups excluding carboxylic acids is 1. The Balaban J connectivity index is 2.79. The molecule has 1 amide bonds. The van der Waals surface area contributed by atoms with Gasteiger partial charge in [0.1, 0.15) is 5.25 Å². The van der Waals surface area contributed by atoms with E-state index >= 15 is 0 Å². The average Bonchev–Trinajstić information content (AvgIpc) is 2.64. The van der Waals surface area contributed by atoms with Gasteiger partial charge in [-0.15, -0.1) is 0 Å². The first-order valence-electron chi connectivity index (χ1n) is 7.37. The SMILES string of the molecule is C[C@@]1(NC(=O)CC[N+](C)(C)CCC#N)CS(=O)(=O)C[C@@H]1S(=O)(=O)O. The van der Waals surface area contributed by atoms with Crippen molar-refractivity contribution in [3.8, 4) is 6.07 Å². The Labute approximate surface area is 142 Å². The van der Waals surface area contributed by atoms with Crippen LogP contribution in [0, 0.1) is 11.3 Å². The lowest BCUT2D eigenvalue weighted by Crippen LogP contribution is -2.57. The highest BCUT2D eigenvalue weighted by molar-refractivity contribution is 7.94. The Hall–Kier alpha value is -1.22. The maximum Gasteiger partial charge on any atom is 0.271 e. The standard InChI is InChI=1S/C13H23N3O6S2/c1-13(10-23(18,19)9-11(13)24(20,21)22)15-12(17)5-8-16(2,3)7-4-6-14/h11H,4-5,7-10H2,1-3H3,(H-,15,17,20,21,22)/p+1/t11-,13+/m0/s1. The second-order valence-corrected chi connectivity index (χ2v) is 10.8. The number of nitrogens with zero attached hydrogens (tertiary/aromatic N) is 2. The van der Waals surface area contributed by atoms with Gasteiger partial charge in [-0.3, -0.25) is 9.35 Å². The molecule has 0 unspecified atom stereocenters. The van der Waals surface area contributed by atoms with Crippen LogP contribution in [0.4, 0.5) is 0 Å². The van der Waals surface area contributed by atoms with Gasteiger partial charge in [-0.2, -0.15) is 13.7 Å². The topological polar surface area (TPSA) is 141 Å². The van der Waals surface area contributed by atoms with Crippen LogP contribution in [-0.2, 0) is 24.7 Å². The lowest BCUT2D eigenvalue weighted by Gasteiger charge is -2.31. The van der Waals surface area contributed by atoms with E-state index in [0.717, 1.165) is 0 Å². The molecule has 1 rings (SSSR count). The molecule has 1 aliphatic heterocycles. The molecule has 0 aliphatic carbocycles. The summed E-state index contributed by atoms with van der Waals surface area (Å²) in [5.41, 5.74) is -1.56. The van der Waals surface area contributed by atoms with Crippen molar-refractivity contribution in [1.82, 2.24) is 5.32 Å². The molecule has 9 nitrogen and oxygen atoms in total. The number of hydrogen-bond donors (Lipinski definition) is 2. The van der Waals surface area contributed by atoms with Crippen LogP contribution in [0.3, 0.4) is 0 Å². The first-order chi connectivity index (χ1) is 10.7. The zero-order chi connectivity index (χ0) is 18.8. The van der Waals surface area contributed by atoms with Gasteiger partial charge in [-0.25, -0.2) is 8.42 Å². The summed E-state index contributed by atoms with van der Waals surface area (Å²) in [5, 5.41) is 9.49. The zero-order valence-electron chi connectivity index (χ0n) is 14.0. The minimum absolute atomic E-state index is 0.0479. The maximum absolute atomic E-state index is 12.2. The third-order valence-corrected chi connectivity index (χ3v) is 7.69. The molecule has 0 radical (unpaired) electrons. The summed E-state index contributed by atoms with van der Waals surface area (Å²) >= 11 is 0. The Kier molecular flexibility index (Phi) is 6.03. The van der Waals surface area contributed by atoms with Crippen LogP contribution in [-0.4, -0.2) is 81.3 Å². The maximum atomic E-state index is 12.2. The molecular weight excluding hydrogens is 358 g/mol. The molecule has 0 aromatic heterocycles. The Morgan fingerprint density at radius 2 is 2.00 bits per heavy atom. The summed E-state index contributed by atoms with van der Waals surface area (Å²) < 4.78 is 56.1. The first-order valence-corrected chi connectivity index (χ1v) is 10.7. The van der Waals surface area contributed by atoms with Crippen LogP contribution in [0.15, 0.2) is 0 Å². The first kappa shape index (κ1) is 20.8. The van der Waals surface area contributed by atoms with Crippen molar-refractivity contribution >= 4 is 25.9 Å². The van der Waals surface area contributed by atoms with Gasteiger partial charge in [-0.1, -0.05) is 0 Å². The van der Waals surface area contributed by atoms with Crippen molar-refractivity contribution in [2.75, 3.05) is 38.7 Å². The summed E-state index contributed by atoms with van der Waals surface area (Å²) in [6.07, 6.45) is 0.391. The van der Waals surface area contributed by atoms with Gasteiger partial charge in [0.25, 0.3) is 10.1 Å². The largest absolute Gasteiger partial charge is 0.348 e. The second-order valence-electron chi connectivity index (χ2n) is 7.06. The molecule has 24 heavy (non-hydrogen) atoms. The molecule has 2 atom stereocenters. The summed E-state index contributed by atoms with van der Waals surface area (Å²) in [7, 11) is -4.59. The minimum atomic E-state index is -4.62. The van der Waals surface area contributed by atoms with Crippen LogP contribution >= 0.6 is 0 Å². The van der Waals surface area contributed by atoms with Gasteiger partial charge < -0.3 is 9.80 Å². The predicted octanol–water partition coefficient (Wildman–Crippen LogP) is -1.07. The summed E-state index contributed by atoms with van der Waals surface area (Å²) in [6.45, 7) is 2.28. The smallest absolute Gasteiger partial charge is 0.271 e. The molecule has 1 saturated heterocycles. The molecule has 0 aromatic carbocycles. The highest BCUT2D eigenvalue weighted by atomic mass is 32.2. The molecule has 138 valence electrons. The lowest BCUT2D eigenvalue weighted by atomic mass is 10.0. The molecule has 1 aliphatic rings. The number of nitriles is 1. The van der Waals surface area contributed by atoms with Crippen molar-refractivity contribution in [1.29, 1.82) is 5.26 Å². The van der Waals surface area contributed by atoms with E-state index in [-0.39, 0.29) is 6.42 Å². The van der Waals surface area contributed by atoms with Crippen molar-refractivity contribution in [2.24, 2.45) is 0 Å². The second kappa shape index (κ2) is 6.95. The number of quaternary nitrogens is 1. The number of nitrogens with one attached hydrogen (secondary N) is 1. The number of hydrogen-bond acceptors (Lipinski definition) is 6. The van der Waals surface area contributed by atoms with Crippen LogP contribution < -0.4 is 5.32 Å². The monoisotopic (exact) mass is 382 g/mol. The molecule has 0 spiro atoms. The van der Waals surface area contributed by atoms with Crippen molar-refractivity contribution in [2.45, 2.75) is 30.6 Å². The van der Waals surface area contributed by atoms with Crippen molar-refractivity contribution in [3.63, 3.8) is 0 Å². The van der Waals surface area contributed by atoms with E-state index < -0.39 is 48.2 Å². The van der Waals surface area contributed by atoms with Crippen LogP contribution in [0.25, 0.3) is 0 Å².